The molecule has 0 amide bonds. The Balaban J connectivity index is 1.68. The van der Waals surface area contributed by atoms with Crippen molar-refractivity contribution >= 4 is 11.4 Å². The smallest absolute Gasteiger partial charge is 0.0726 e. The monoisotopic (exact) mass is 340 g/mol. The maximum absolute atomic E-state index is 9.00. The first-order valence-electron chi connectivity index (χ1n) is 9.07. The van der Waals surface area contributed by atoms with Gasteiger partial charge < -0.3 is 20.1 Å². The molecule has 1 fully saturated rings. The van der Waals surface area contributed by atoms with Gasteiger partial charge in [-0.25, -0.2) is 0 Å². The summed E-state index contributed by atoms with van der Waals surface area (Å²) >= 11 is 0. The van der Waals surface area contributed by atoms with E-state index in [-0.39, 0.29) is 18.8 Å². The van der Waals surface area contributed by atoms with Gasteiger partial charge in [-0.1, -0.05) is 30.3 Å². The highest BCUT2D eigenvalue weighted by Crippen LogP contribution is 2.25. The lowest BCUT2D eigenvalue weighted by Crippen LogP contribution is -2.45. The highest BCUT2D eigenvalue weighted by atomic mass is 16.5. The van der Waals surface area contributed by atoms with Crippen LogP contribution in [0.4, 0.5) is 11.4 Å². The van der Waals surface area contributed by atoms with Crippen LogP contribution in [-0.4, -0.2) is 37.0 Å². The lowest BCUT2D eigenvalue weighted by Gasteiger charge is -2.37. The molecule has 2 N–H and O–H groups in total. The molecular weight excluding hydrogens is 312 g/mol. The molecule has 0 spiro atoms. The second-order valence-corrected chi connectivity index (χ2v) is 6.82. The fourth-order valence-corrected chi connectivity index (χ4v) is 3.46. The summed E-state index contributed by atoms with van der Waals surface area (Å²) in [4.78, 5) is 2.43. The van der Waals surface area contributed by atoms with Crippen molar-refractivity contribution in [1.82, 2.24) is 0 Å². The number of ether oxygens (including phenoxy) is 1. The fraction of sp³-hybridized carbons (Fsp3) is 0.429. The largest absolute Gasteiger partial charge is 0.396 e. The summed E-state index contributed by atoms with van der Waals surface area (Å²) in [5.74, 6) is 0. The van der Waals surface area contributed by atoms with Crippen LogP contribution in [0.5, 0.6) is 0 Å². The van der Waals surface area contributed by atoms with Crippen LogP contribution in [-0.2, 0) is 17.7 Å². The SMILES string of the molecule is CC1CN(c2ccccc2CNc2ccc(CCO)cc2)CC(C)O1. The predicted octanol–water partition coefficient (Wildman–Crippen LogP) is 3.45. The number of hydrogen-bond acceptors (Lipinski definition) is 4. The Morgan fingerprint density at radius 1 is 1.04 bits per heavy atom. The molecule has 0 bridgehead atoms. The van der Waals surface area contributed by atoms with E-state index in [2.05, 4.69) is 72.6 Å². The second kappa shape index (κ2) is 8.37. The van der Waals surface area contributed by atoms with Gasteiger partial charge in [0.15, 0.2) is 0 Å². The Hall–Kier alpha value is -2.04. The second-order valence-electron chi connectivity index (χ2n) is 6.82. The van der Waals surface area contributed by atoms with E-state index in [1.54, 1.807) is 0 Å². The summed E-state index contributed by atoms with van der Waals surface area (Å²) in [6.07, 6.45) is 1.21. The molecule has 0 saturated carbocycles. The molecular formula is C21H28N2O2. The molecule has 2 unspecified atom stereocenters. The predicted molar refractivity (Wildman–Crippen MR) is 103 cm³/mol. The first-order valence-corrected chi connectivity index (χ1v) is 9.07. The number of nitrogens with one attached hydrogen (secondary N) is 1. The van der Waals surface area contributed by atoms with Crippen molar-refractivity contribution in [1.29, 1.82) is 0 Å². The molecule has 1 aliphatic rings. The van der Waals surface area contributed by atoms with Gasteiger partial charge in [-0.3, -0.25) is 0 Å². The van der Waals surface area contributed by atoms with Gasteiger partial charge in [-0.15, -0.1) is 0 Å². The van der Waals surface area contributed by atoms with Crippen LogP contribution in [0.1, 0.15) is 25.0 Å². The van der Waals surface area contributed by atoms with E-state index in [4.69, 9.17) is 9.84 Å². The molecule has 1 heterocycles. The van der Waals surface area contributed by atoms with E-state index in [9.17, 15) is 0 Å². The van der Waals surface area contributed by atoms with Gasteiger partial charge in [0.05, 0.1) is 12.2 Å². The zero-order chi connectivity index (χ0) is 17.6. The van der Waals surface area contributed by atoms with Crippen molar-refractivity contribution in [3.8, 4) is 0 Å². The van der Waals surface area contributed by atoms with Gasteiger partial charge in [0.1, 0.15) is 0 Å². The number of rotatable bonds is 6. The van der Waals surface area contributed by atoms with Gasteiger partial charge in [-0.05, 0) is 49.6 Å². The lowest BCUT2D eigenvalue weighted by molar-refractivity contribution is -0.00525. The summed E-state index contributed by atoms with van der Waals surface area (Å²) < 4.78 is 5.86. The topological polar surface area (TPSA) is 44.7 Å². The third kappa shape index (κ3) is 4.74. The third-order valence-corrected chi connectivity index (χ3v) is 4.59. The van der Waals surface area contributed by atoms with Gasteiger partial charge >= 0.3 is 0 Å². The van der Waals surface area contributed by atoms with Crippen LogP contribution in [0.25, 0.3) is 0 Å². The Bertz CT molecular complexity index is 662. The van der Waals surface area contributed by atoms with E-state index in [0.717, 1.165) is 30.9 Å². The zero-order valence-corrected chi connectivity index (χ0v) is 15.1. The van der Waals surface area contributed by atoms with Crippen molar-refractivity contribution in [3.63, 3.8) is 0 Å². The quantitative estimate of drug-likeness (QED) is 0.845. The van der Waals surface area contributed by atoms with Crippen LogP contribution in [0, 0.1) is 0 Å². The summed E-state index contributed by atoms with van der Waals surface area (Å²) in [5.41, 5.74) is 4.84. The maximum atomic E-state index is 9.00. The van der Waals surface area contributed by atoms with E-state index in [1.807, 2.05) is 0 Å². The number of aliphatic hydroxyl groups is 1. The number of benzene rings is 2. The lowest BCUT2D eigenvalue weighted by atomic mass is 10.1. The highest BCUT2D eigenvalue weighted by molar-refractivity contribution is 5.56. The Labute approximate surface area is 150 Å². The zero-order valence-electron chi connectivity index (χ0n) is 15.1. The van der Waals surface area contributed by atoms with Gasteiger partial charge in [-0.2, -0.15) is 0 Å². The first-order chi connectivity index (χ1) is 12.2. The number of aliphatic hydroxyl groups excluding tert-OH is 1. The van der Waals surface area contributed by atoms with Gasteiger partial charge in [0.2, 0.25) is 0 Å². The van der Waals surface area contributed by atoms with E-state index in [1.165, 1.54) is 11.3 Å². The first kappa shape index (κ1) is 17.8. The minimum absolute atomic E-state index is 0.191. The standard InChI is InChI=1S/C21H28N2O2/c1-16-14-23(15-17(2)25-16)21-6-4-3-5-19(21)13-22-20-9-7-18(8-10-20)11-12-24/h3-10,16-17,22,24H,11-15H2,1-2H3. The fourth-order valence-electron chi connectivity index (χ4n) is 3.46. The van der Waals surface area contributed by atoms with Crippen LogP contribution < -0.4 is 10.2 Å². The molecule has 0 aliphatic carbocycles. The maximum Gasteiger partial charge on any atom is 0.0726 e. The van der Waals surface area contributed by atoms with Crippen molar-refractivity contribution in [3.05, 3.63) is 59.7 Å². The summed E-state index contributed by atoms with van der Waals surface area (Å²) in [5, 5.41) is 12.5. The Kier molecular flexibility index (Phi) is 5.95. The molecule has 3 rings (SSSR count). The molecule has 4 heteroatoms. The number of para-hydroxylation sites is 1. The van der Waals surface area contributed by atoms with Crippen LogP contribution in [0.15, 0.2) is 48.5 Å². The number of hydrogen-bond donors (Lipinski definition) is 2. The molecule has 0 aromatic heterocycles. The Morgan fingerprint density at radius 3 is 2.40 bits per heavy atom. The molecule has 0 radical (unpaired) electrons. The van der Waals surface area contributed by atoms with Crippen LogP contribution >= 0.6 is 0 Å². The number of morpholine rings is 1. The van der Waals surface area contributed by atoms with Crippen molar-refractivity contribution in [2.75, 3.05) is 29.9 Å². The number of nitrogens with zero attached hydrogens (tertiary/aromatic N) is 1. The highest BCUT2D eigenvalue weighted by Gasteiger charge is 2.23. The van der Waals surface area contributed by atoms with Gasteiger partial charge in [0, 0.05) is 37.6 Å². The van der Waals surface area contributed by atoms with Crippen molar-refractivity contribution in [2.45, 2.75) is 39.0 Å². The van der Waals surface area contributed by atoms with E-state index < -0.39 is 0 Å². The normalized spacial score (nSPS) is 20.5. The molecule has 134 valence electrons. The van der Waals surface area contributed by atoms with Crippen LogP contribution in [0.3, 0.4) is 0 Å². The molecule has 2 aromatic carbocycles. The molecule has 2 atom stereocenters. The van der Waals surface area contributed by atoms with Crippen LogP contribution in [0.2, 0.25) is 0 Å². The van der Waals surface area contributed by atoms with Crippen molar-refractivity contribution < 1.29 is 9.84 Å². The average Bonchev–Trinajstić information content (AvgIpc) is 2.61. The van der Waals surface area contributed by atoms with E-state index in [0.29, 0.717) is 6.42 Å². The molecule has 1 aliphatic heterocycles. The minimum Gasteiger partial charge on any atom is -0.396 e. The van der Waals surface area contributed by atoms with Crippen molar-refractivity contribution in [2.24, 2.45) is 0 Å². The molecule has 1 saturated heterocycles. The third-order valence-electron chi connectivity index (χ3n) is 4.59. The summed E-state index contributed by atoms with van der Waals surface area (Å²) in [7, 11) is 0. The Morgan fingerprint density at radius 2 is 1.72 bits per heavy atom. The summed E-state index contributed by atoms with van der Waals surface area (Å²) in [6.45, 7) is 7.11. The summed E-state index contributed by atoms with van der Waals surface area (Å²) in [6, 6.07) is 16.9. The molecule has 4 nitrogen and oxygen atoms in total. The van der Waals surface area contributed by atoms with Gasteiger partial charge in [0.25, 0.3) is 0 Å². The number of anilines is 2. The van der Waals surface area contributed by atoms with E-state index >= 15 is 0 Å². The molecule has 25 heavy (non-hydrogen) atoms. The average molecular weight is 340 g/mol. The minimum atomic E-state index is 0.191. The molecule has 2 aromatic rings.